The summed E-state index contributed by atoms with van der Waals surface area (Å²) < 4.78 is 6.85. The average molecular weight is 419 g/mol. The molecule has 0 saturated carbocycles. The Kier molecular flexibility index (Phi) is 3.77. The van der Waals surface area contributed by atoms with Gasteiger partial charge in [0.15, 0.2) is 0 Å². The number of halogens is 1. The molecule has 5 heteroatoms. The van der Waals surface area contributed by atoms with Gasteiger partial charge < -0.3 is 14.6 Å². The second-order valence-electron chi connectivity index (χ2n) is 6.06. The van der Waals surface area contributed by atoms with Crippen LogP contribution >= 0.6 is 22.6 Å². The molecular weight excluding hydrogens is 401 g/mol. The van der Waals surface area contributed by atoms with Gasteiger partial charge >= 0.3 is 0 Å². The van der Waals surface area contributed by atoms with Crippen LogP contribution in [0, 0.1) is 3.57 Å². The first-order valence-corrected chi connectivity index (χ1v) is 8.75. The summed E-state index contributed by atoms with van der Waals surface area (Å²) >= 11 is 2.34. The first-order chi connectivity index (χ1) is 11.2. The Balaban J connectivity index is 1.86. The van der Waals surface area contributed by atoms with E-state index in [1.165, 1.54) is 20.3 Å². The minimum absolute atomic E-state index is 0.933. The zero-order valence-corrected chi connectivity index (χ0v) is 15.3. The molecule has 4 nitrogen and oxygen atoms in total. The highest BCUT2D eigenvalue weighted by Gasteiger charge is 2.19. The maximum absolute atomic E-state index is 5.66. The summed E-state index contributed by atoms with van der Waals surface area (Å²) in [6, 6.07) is 6.64. The number of likely N-dealkylation sites (N-methyl/N-ethyl adjacent to an activating group) is 1. The van der Waals surface area contributed by atoms with Gasteiger partial charge in [-0.2, -0.15) is 0 Å². The fourth-order valence-electron chi connectivity index (χ4n) is 3.28. The molecule has 0 unspecified atom stereocenters. The molecule has 0 atom stereocenters. The number of hydrogen-bond acceptors (Lipinski definition) is 3. The van der Waals surface area contributed by atoms with Gasteiger partial charge in [-0.25, -0.2) is 4.98 Å². The first kappa shape index (κ1) is 15.0. The van der Waals surface area contributed by atoms with E-state index >= 15 is 0 Å². The molecule has 118 valence electrons. The quantitative estimate of drug-likeness (QED) is 0.642. The highest BCUT2D eigenvalue weighted by Crippen LogP contribution is 2.34. The fraction of sp³-hybridized carbons (Fsp3) is 0.278. The molecule has 1 N–H and O–H groups in total. The number of ether oxygens (including phenoxy) is 1. The van der Waals surface area contributed by atoms with E-state index in [-0.39, 0.29) is 0 Å². The van der Waals surface area contributed by atoms with Gasteiger partial charge in [0.1, 0.15) is 11.4 Å². The second-order valence-corrected chi connectivity index (χ2v) is 7.22. The summed E-state index contributed by atoms with van der Waals surface area (Å²) in [5.41, 5.74) is 5.94. The molecule has 0 saturated heterocycles. The molecule has 3 heterocycles. The lowest BCUT2D eigenvalue weighted by Gasteiger charge is -2.27. The number of nitrogens with one attached hydrogen (secondary N) is 1. The lowest BCUT2D eigenvalue weighted by Crippen LogP contribution is -2.26. The van der Waals surface area contributed by atoms with E-state index in [0.717, 1.165) is 41.9 Å². The lowest BCUT2D eigenvalue weighted by atomic mass is 9.94. The summed E-state index contributed by atoms with van der Waals surface area (Å²) in [5, 5.41) is 1.16. The highest BCUT2D eigenvalue weighted by molar-refractivity contribution is 14.1. The summed E-state index contributed by atoms with van der Waals surface area (Å²) in [4.78, 5) is 10.1. The third-order valence-corrected chi connectivity index (χ3v) is 5.41. The Morgan fingerprint density at radius 1 is 1.26 bits per heavy atom. The van der Waals surface area contributed by atoms with Gasteiger partial charge in [-0.05, 0) is 70.9 Å². The molecule has 0 radical (unpaired) electrons. The summed E-state index contributed by atoms with van der Waals surface area (Å²) in [6.45, 7) is 2.05. The molecule has 4 rings (SSSR count). The van der Waals surface area contributed by atoms with E-state index in [0.29, 0.717) is 0 Å². The molecule has 0 fully saturated rings. The van der Waals surface area contributed by atoms with Gasteiger partial charge in [-0.15, -0.1) is 0 Å². The van der Waals surface area contributed by atoms with Crippen molar-refractivity contribution < 1.29 is 4.74 Å². The molecule has 1 aliphatic heterocycles. The number of aromatic amines is 1. The predicted molar refractivity (Wildman–Crippen MR) is 101 cm³/mol. The predicted octanol–water partition coefficient (Wildman–Crippen LogP) is 3.83. The van der Waals surface area contributed by atoms with Crippen molar-refractivity contribution in [2.45, 2.75) is 13.0 Å². The van der Waals surface area contributed by atoms with Crippen molar-refractivity contribution >= 4 is 33.6 Å². The largest absolute Gasteiger partial charge is 0.496 e. The Morgan fingerprint density at radius 2 is 2.13 bits per heavy atom. The van der Waals surface area contributed by atoms with Gasteiger partial charge in [0.05, 0.1) is 7.11 Å². The summed E-state index contributed by atoms with van der Waals surface area (Å²) in [6.07, 6.45) is 4.97. The van der Waals surface area contributed by atoms with Crippen molar-refractivity contribution in [1.82, 2.24) is 14.9 Å². The maximum atomic E-state index is 5.66. The van der Waals surface area contributed by atoms with Crippen LogP contribution in [0.3, 0.4) is 0 Å². The minimum atomic E-state index is 0.933. The Labute approximate surface area is 149 Å². The average Bonchev–Trinajstić information content (AvgIpc) is 2.94. The lowest BCUT2D eigenvalue weighted by molar-refractivity contribution is 0.306. The van der Waals surface area contributed by atoms with Crippen LogP contribution in [0.2, 0.25) is 0 Å². The Hall–Kier alpha value is -1.60. The van der Waals surface area contributed by atoms with E-state index in [2.05, 4.69) is 62.7 Å². The fourth-order valence-corrected chi connectivity index (χ4v) is 3.85. The van der Waals surface area contributed by atoms with Gasteiger partial charge in [-0.3, -0.25) is 0 Å². The van der Waals surface area contributed by atoms with E-state index in [9.17, 15) is 0 Å². The van der Waals surface area contributed by atoms with Crippen molar-refractivity contribution in [2.75, 3.05) is 20.7 Å². The molecule has 0 aliphatic carbocycles. The summed E-state index contributed by atoms with van der Waals surface area (Å²) in [5.74, 6) is 0.995. The van der Waals surface area contributed by atoms with Gasteiger partial charge in [0, 0.05) is 40.0 Å². The number of fused-ring (bicyclic) bond motifs is 2. The monoisotopic (exact) mass is 419 g/mol. The third kappa shape index (κ3) is 2.61. The van der Waals surface area contributed by atoms with Crippen LogP contribution in [0.4, 0.5) is 0 Å². The summed E-state index contributed by atoms with van der Waals surface area (Å²) in [7, 11) is 3.92. The number of nitrogens with zero attached hydrogens (tertiary/aromatic N) is 2. The van der Waals surface area contributed by atoms with Gasteiger partial charge in [-0.1, -0.05) is 0 Å². The number of pyridine rings is 1. The Bertz CT molecular complexity index is 887. The minimum Gasteiger partial charge on any atom is -0.496 e. The molecule has 0 amide bonds. The number of methoxy groups -OCH3 is 1. The molecule has 23 heavy (non-hydrogen) atoms. The van der Waals surface area contributed by atoms with Crippen molar-refractivity contribution in [2.24, 2.45) is 0 Å². The van der Waals surface area contributed by atoms with E-state index in [4.69, 9.17) is 4.74 Å². The van der Waals surface area contributed by atoms with Crippen molar-refractivity contribution in [1.29, 1.82) is 0 Å². The molecular formula is C18H18IN3O. The first-order valence-electron chi connectivity index (χ1n) is 7.67. The zero-order chi connectivity index (χ0) is 16.0. The van der Waals surface area contributed by atoms with Crippen molar-refractivity contribution in [3.05, 3.63) is 45.3 Å². The van der Waals surface area contributed by atoms with E-state index in [1.807, 2.05) is 12.4 Å². The SMILES string of the molecule is COc1cc(-c2cnc3[nH]cc(I)c3c2)cc2c1CCN(C)C2. The standard InChI is InChI=1S/C18H18IN3O/c1-22-4-3-14-13(10-22)5-11(7-17(14)23-2)12-6-15-16(19)9-21-18(15)20-8-12/h5-9H,3-4,10H2,1-2H3,(H,20,21). The van der Waals surface area contributed by atoms with Crippen LogP contribution in [0.1, 0.15) is 11.1 Å². The van der Waals surface area contributed by atoms with Crippen LogP contribution in [0.25, 0.3) is 22.2 Å². The number of H-pyrrole nitrogens is 1. The van der Waals surface area contributed by atoms with E-state index < -0.39 is 0 Å². The van der Waals surface area contributed by atoms with Crippen LogP contribution in [-0.2, 0) is 13.0 Å². The van der Waals surface area contributed by atoms with E-state index in [1.54, 1.807) is 7.11 Å². The molecule has 2 aromatic heterocycles. The van der Waals surface area contributed by atoms with Crippen LogP contribution in [-0.4, -0.2) is 35.6 Å². The normalized spacial score (nSPS) is 14.9. The topological polar surface area (TPSA) is 41.1 Å². The maximum Gasteiger partial charge on any atom is 0.138 e. The number of hydrogen-bond donors (Lipinski definition) is 1. The Morgan fingerprint density at radius 3 is 2.96 bits per heavy atom. The highest BCUT2D eigenvalue weighted by atomic mass is 127. The number of rotatable bonds is 2. The molecule has 1 aromatic carbocycles. The van der Waals surface area contributed by atoms with Gasteiger partial charge in [0.25, 0.3) is 0 Å². The van der Waals surface area contributed by atoms with Crippen LogP contribution in [0.15, 0.2) is 30.6 Å². The number of aromatic nitrogens is 2. The third-order valence-electron chi connectivity index (χ3n) is 4.52. The molecule has 0 spiro atoms. The van der Waals surface area contributed by atoms with Crippen LogP contribution in [0.5, 0.6) is 5.75 Å². The second kappa shape index (κ2) is 5.79. The molecule has 3 aromatic rings. The molecule has 0 bridgehead atoms. The zero-order valence-electron chi connectivity index (χ0n) is 13.2. The number of benzene rings is 1. The van der Waals surface area contributed by atoms with Gasteiger partial charge in [0.2, 0.25) is 0 Å². The molecule has 1 aliphatic rings. The van der Waals surface area contributed by atoms with Crippen LogP contribution < -0.4 is 4.74 Å². The van der Waals surface area contributed by atoms with Crippen molar-refractivity contribution in [3.63, 3.8) is 0 Å². The van der Waals surface area contributed by atoms with Crippen molar-refractivity contribution in [3.8, 4) is 16.9 Å². The smallest absolute Gasteiger partial charge is 0.138 e.